The molecule has 0 bridgehead atoms. The first kappa shape index (κ1) is 12.3. The molecule has 1 amide bonds. The standard InChI is InChI=1S/C13H17FN4O/c1-2-9-12(14)13(16-8-15-9)18-7-5-11(19)17-6-3-4-10(17)18/h8,10H,2-7H2,1H3. The van der Waals surface area contributed by atoms with Crippen molar-refractivity contribution < 1.29 is 9.18 Å². The first-order valence-electron chi connectivity index (χ1n) is 6.78. The molecule has 6 heteroatoms. The van der Waals surface area contributed by atoms with Crippen LogP contribution < -0.4 is 4.90 Å². The lowest BCUT2D eigenvalue weighted by atomic mass is 10.2. The zero-order valence-electron chi connectivity index (χ0n) is 11.0. The first-order valence-corrected chi connectivity index (χ1v) is 6.78. The van der Waals surface area contributed by atoms with E-state index in [4.69, 9.17) is 0 Å². The van der Waals surface area contributed by atoms with Crippen LogP contribution in [0.1, 0.15) is 31.9 Å². The summed E-state index contributed by atoms with van der Waals surface area (Å²) in [5, 5.41) is 0. The first-order chi connectivity index (χ1) is 9.22. The van der Waals surface area contributed by atoms with Gasteiger partial charge in [0.1, 0.15) is 12.5 Å². The number of anilines is 1. The predicted octanol–water partition coefficient (Wildman–Crippen LogP) is 1.34. The third-order valence-corrected chi connectivity index (χ3v) is 3.92. The van der Waals surface area contributed by atoms with E-state index >= 15 is 0 Å². The summed E-state index contributed by atoms with van der Waals surface area (Å²) in [6, 6.07) is 0. The van der Waals surface area contributed by atoms with Crippen molar-refractivity contribution >= 4 is 11.7 Å². The highest BCUT2D eigenvalue weighted by atomic mass is 19.1. The number of halogens is 1. The van der Waals surface area contributed by atoms with Gasteiger partial charge in [-0.3, -0.25) is 4.79 Å². The summed E-state index contributed by atoms with van der Waals surface area (Å²) in [4.78, 5) is 23.7. The van der Waals surface area contributed by atoms with Gasteiger partial charge >= 0.3 is 0 Å². The van der Waals surface area contributed by atoms with Crippen LogP contribution in [0.15, 0.2) is 6.33 Å². The number of fused-ring (bicyclic) bond motifs is 1. The van der Waals surface area contributed by atoms with Gasteiger partial charge in [-0.1, -0.05) is 6.92 Å². The fourth-order valence-corrected chi connectivity index (χ4v) is 2.96. The molecule has 0 radical (unpaired) electrons. The Kier molecular flexibility index (Phi) is 3.08. The molecular weight excluding hydrogens is 247 g/mol. The topological polar surface area (TPSA) is 49.3 Å². The number of hydrogen-bond acceptors (Lipinski definition) is 4. The van der Waals surface area contributed by atoms with Crippen LogP contribution in [0.2, 0.25) is 0 Å². The molecule has 0 N–H and O–H groups in total. The van der Waals surface area contributed by atoms with Crippen LogP contribution in [0, 0.1) is 5.82 Å². The summed E-state index contributed by atoms with van der Waals surface area (Å²) in [6.07, 6.45) is 4.21. The second kappa shape index (κ2) is 4.75. The van der Waals surface area contributed by atoms with Crippen molar-refractivity contribution in [1.82, 2.24) is 14.9 Å². The molecule has 2 saturated heterocycles. The van der Waals surface area contributed by atoms with Crippen LogP contribution in [0.4, 0.5) is 10.2 Å². The fraction of sp³-hybridized carbons (Fsp3) is 0.615. The number of nitrogens with zero attached hydrogens (tertiary/aromatic N) is 4. The van der Waals surface area contributed by atoms with E-state index in [0.29, 0.717) is 30.9 Å². The third kappa shape index (κ3) is 1.95. The molecule has 1 aromatic heterocycles. The molecule has 2 fully saturated rings. The average Bonchev–Trinajstić information content (AvgIpc) is 2.90. The summed E-state index contributed by atoms with van der Waals surface area (Å²) in [6.45, 7) is 3.18. The van der Waals surface area contributed by atoms with E-state index in [9.17, 15) is 9.18 Å². The second-order valence-electron chi connectivity index (χ2n) is 4.96. The Morgan fingerprint density at radius 1 is 1.37 bits per heavy atom. The van der Waals surface area contributed by atoms with E-state index in [-0.39, 0.29) is 17.9 Å². The van der Waals surface area contributed by atoms with Crippen LogP contribution in [0.25, 0.3) is 0 Å². The number of carbonyl (C=O) groups excluding carboxylic acids is 1. The van der Waals surface area contributed by atoms with Gasteiger partial charge in [-0.2, -0.15) is 0 Å². The van der Waals surface area contributed by atoms with Gasteiger partial charge in [-0.25, -0.2) is 14.4 Å². The van der Waals surface area contributed by atoms with Crippen LogP contribution >= 0.6 is 0 Å². The lowest BCUT2D eigenvalue weighted by Crippen LogP contribution is -2.53. The molecule has 0 aromatic carbocycles. The fourth-order valence-electron chi connectivity index (χ4n) is 2.96. The summed E-state index contributed by atoms with van der Waals surface area (Å²) >= 11 is 0. The van der Waals surface area contributed by atoms with Crippen molar-refractivity contribution in [2.75, 3.05) is 18.0 Å². The number of amides is 1. The van der Waals surface area contributed by atoms with Gasteiger partial charge in [0, 0.05) is 19.5 Å². The maximum absolute atomic E-state index is 14.3. The molecule has 0 saturated carbocycles. The number of carbonyl (C=O) groups is 1. The lowest BCUT2D eigenvalue weighted by molar-refractivity contribution is -0.133. The Morgan fingerprint density at radius 2 is 2.21 bits per heavy atom. The molecule has 0 spiro atoms. The average molecular weight is 264 g/mol. The molecule has 3 rings (SSSR count). The van der Waals surface area contributed by atoms with Crippen molar-refractivity contribution in [2.24, 2.45) is 0 Å². The highest BCUT2D eigenvalue weighted by Gasteiger charge is 2.38. The zero-order valence-corrected chi connectivity index (χ0v) is 11.0. The van der Waals surface area contributed by atoms with Gasteiger partial charge in [-0.15, -0.1) is 0 Å². The summed E-state index contributed by atoms with van der Waals surface area (Å²) in [5.41, 5.74) is 0.437. The Morgan fingerprint density at radius 3 is 3.00 bits per heavy atom. The molecule has 1 unspecified atom stereocenters. The Balaban J connectivity index is 1.96. The van der Waals surface area contributed by atoms with Gasteiger partial charge in [0.2, 0.25) is 5.91 Å². The van der Waals surface area contributed by atoms with Crippen LogP contribution in [0.5, 0.6) is 0 Å². The summed E-state index contributed by atoms with van der Waals surface area (Å²) < 4.78 is 14.3. The van der Waals surface area contributed by atoms with Gasteiger partial charge in [0.25, 0.3) is 0 Å². The van der Waals surface area contributed by atoms with Gasteiger partial charge in [0.05, 0.1) is 5.69 Å². The zero-order chi connectivity index (χ0) is 13.4. The largest absolute Gasteiger partial charge is 0.333 e. The minimum atomic E-state index is -0.341. The molecule has 0 aliphatic carbocycles. The molecule has 19 heavy (non-hydrogen) atoms. The number of rotatable bonds is 2. The van der Waals surface area contributed by atoms with Crippen LogP contribution in [-0.2, 0) is 11.2 Å². The molecule has 1 aromatic rings. The second-order valence-corrected chi connectivity index (χ2v) is 4.96. The van der Waals surface area contributed by atoms with E-state index in [2.05, 4.69) is 9.97 Å². The van der Waals surface area contributed by atoms with Crippen molar-refractivity contribution in [3.8, 4) is 0 Å². The molecule has 2 aliphatic rings. The molecular formula is C13H17FN4O. The number of aryl methyl sites for hydroxylation is 1. The van der Waals surface area contributed by atoms with Crippen LogP contribution in [-0.4, -0.2) is 40.0 Å². The highest BCUT2D eigenvalue weighted by molar-refractivity contribution is 5.79. The van der Waals surface area contributed by atoms with E-state index < -0.39 is 0 Å². The molecule has 3 heterocycles. The number of hydrogen-bond donors (Lipinski definition) is 0. The normalized spacial score (nSPS) is 22.8. The smallest absolute Gasteiger partial charge is 0.225 e. The van der Waals surface area contributed by atoms with Crippen molar-refractivity contribution in [3.63, 3.8) is 0 Å². The molecule has 2 aliphatic heterocycles. The predicted molar refractivity (Wildman–Crippen MR) is 68.1 cm³/mol. The maximum Gasteiger partial charge on any atom is 0.225 e. The Hall–Kier alpha value is -1.72. The van der Waals surface area contributed by atoms with Crippen LogP contribution in [0.3, 0.4) is 0 Å². The molecule has 5 nitrogen and oxygen atoms in total. The van der Waals surface area contributed by atoms with Crippen molar-refractivity contribution in [3.05, 3.63) is 17.8 Å². The van der Waals surface area contributed by atoms with Gasteiger partial charge in [0.15, 0.2) is 11.6 Å². The van der Waals surface area contributed by atoms with E-state index in [0.717, 1.165) is 19.4 Å². The van der Waals surface area contributed by atoms with Gasteiger partial charge < -0.3 is 9.80 Å². The maximum atomic E-state index is 14.3. The third-order valence-electron chi connectivity index (χ3n) is 3.92. The minimum absolute atomic E-state index is 0.0321. The monoisotopic (exact) mass is 264 g/mol. The van der Waals surface area contributed by atoms with E-state index in [1.165, 1.54) is 6.33 Å². The van der Waals surface area contributed by atoms with E-state index in [1.807, 2.05) is 16.7 Å². The Labute approximate surface area is 111 Å². The van der Waals surface area contributed by atoms with E-state index in [1.54, 1.807) is 0 Å². The van der Waals surface area contributed by atoms with Crippen molar-refractivity contribution in [2.45, 2.75) is 38.8 Å². The molecule has 102 valence electrons. The minimum Gasteiger partial charge on any atom is -0.333 e. The highest BCUT2D eigenvalue weighted by Crippen LogP contribution is 2.31. The lowest BCUT2D eigenvalue weighted by Gasteiger charge is -2.40. The quantitative estimate of drug-likeness (QED) is 0.808. The molecule has 1 atom stereocenters. The number of aromatic nitrogens is 2. The van der Waals surface area contributed by atoms with Gasteiger partial charge in [-0.05, 0) is 19.3 Å². The van der Waals surface area contributed by atoms with Crippen molar-refractivity contribution in [1.29, 1.82) is 0 Å². The Bertz CT molecular complexity index is 507. The SMILES string of the molecule is CCc1ncnc(N2CCC(=O)N3CCCC32)c1F. The summed E-state index contributed by atoms with van der Waals surface area (Å²) in [5.74, 6) is 0.173. The summed E-state index contributed by atoms with van der Waals surface area (Å²) in [7, 11) is 0.